The second-order valence-corrected chi connectivity index (χ2v) is 5.65. The summed E-state index contributed by atoms with van der Waals surface area (Å²) in [5.41, 5.74) is 0.323. The number of nitrogens with zero attached hydrogens (tertiary/aromatic N) is 2. The third-order valence-electron chi connectivity index (χ3n) is 3.78. The zero-order valence-electron chi connectivity index (χ0n) is 11.2. The lowest BCUT2D eigenvalue weighted by Crippen LogP contribution is -2.57. The summed E-state index contributed by atoms with van der Waals surface area (Å²) in [6.45, 7) is 9.80. The highest BCUT2D eigenvalue weighted by molar-refractivity contribution is 4.87. The molecule has 1 saturated heterocycles. The summed E-state index contributed by atoms with van der Waals surface area (Å²) in [6, 6.07) is 0. The summed E-state index contributed by atoms with van der Waals surface area (Å²) in [4.78, 5) is 5.04. The van der Waals surface area contributed by atoms with Crippen molar-refractivity contribution in [2.75, 3.05) is 39.8 Å². The largest absolute Gasteiger partial charge is 0.396 e. The first-order chi connectivity index (χ1) is 7.56. The first kappa shape index (κ1) is 13.9. The second kappa shape index (κ2) is 6.58. The molecular weight excluding hydrogens is 200 g/mol. The minimum atomic E-state index is 0.323. The Kier molecular flexibility index (Phi) is 5.73. The van der Waals surface area contributed by atoms with Gasteiger partial charge in [-0.25, -0.2) is 0 Å². The summed E-state index contributed by atoms with van der Waals surface area (Å²) in [7, 11) is 2.22. The molecule has 1 aliphatic heterocycles. The van der Waals surface area contributed by atoms with E-state index in [2.05, 4.69) is 30.7 Å². The van der Waals surface area contributed by atoms with Gasteiger partial charge in [0.15, 0.2) is 0 Å². The molecule has 0 unspecified atom stereocenters. The molecule has 0 amide bonds. The van der Waals surface area contributed by atoms with E-state index in [0.717, 1.165) is 6.42 Å². The van der Waals surface area contributed by atoms with E-state index in [1.807, 2.05) is 0 Å². The van der Waals surface area contributed by atoms with Crippen molar-refractivity contribution in [2.45, 2.75) is 45.1 Å². The van der Waals surface area contributed by atoms with Crippen LogP contribution < -0.4 is 0 Å². The molecule has 0 aromatic carbocycles. The van der Waals surface area contributed by atoms with E-state index in [0.29, 0.717) is 12.1 Å². The standard InChI is InChI=1S/C13H28N2O/c1-13(2)12-15(10-9-14(13)3)8-6-4-5-7-11-16/h16H,4-12H2,1-3H3. The highest BCUT2D eigenvalue weighted by atomic mass is 16.2. The van der Waals surface area contributed by atoms with Crippen LogP contribution in [-0.2, 0) is 0 Å². The van der Waals surface area contributed by atoms with Crippen LogP contribution in [0, 0.1) is 0 Å². The Morgan fingerprint density at radius 1 is 1.06 bits per heavy atom. The van der Waals surface area contributed by atoms with E-state index in [1.54, 1.807) is 0 Å². The van der Waals surface area contributed by atoms with Crippen molar-refractivity contribution in [2.24, 2.45) is 0 Å². The minimum Gasteiger partial charge on any atom is -0.396 e. The molecule has 0 atom stereocenters. The van der Waals surface area contributed by atoms with Crippen LogP contribution in [0.3, 0.4) is 0 Å². The van der Waals surface area contributed by atoms with Gasteiger partial charge in [0.05, 0.1) is 0 Å². The smallest absolute Gasteiger partial charge is 0.0431 e. The molecule has 0 aliphatic carbocycles. The van der Waals surface area contributed by atoms with Crippen LogP contribution in [0.25, 0.3) is 0 Å². The lowest BCUT2D eigenvalue weighted by Gasteiger charge is -2.45. The Morgan fingerprint density at radius 3 is 2.38 bits per heavy atom. The number of likely N-dealkylation sites (N-methyl/N-ethyl adjacent to an activating group) is 1. The van der Waals surface area contributed by atoms with Gasteiger partial charge in [0.2, 0.25) is 0 Å². The molecule has 1 N–H and O–H groups in total. The Bertz CT molecular complexity index is 194. The zero-order chi connectivity index (χ0) is 12.0. The van der Waals surface area contributed by atoms with Crippen LogP contribution in [0.1, 0.15) is 39.5 Å². The maximum Gasteiger partial charge on any atom is 0.0431 e. The highest BCUT2D eigenvalue weighted by Gasteiger charge is 2.30. The van der Waals surface area contributed by atoms with E-state index >= 15 is 0 Å². The third-order valence-corrected chi connectivity index (χ3v) is 3.78. The zero-order valence-corrected chi connectivity index (χ0v) is 11.2. The van der Waals surface area contributed by atoms with Crippen molar-refractivity contribution >= 4 is 0 Å². The van der Waals surface area contributed by atoms with Gasteiger partial charge < -0.3 is 10.0 Å². The van der Waals surface area contributed by atoms with Crippen LogP contribution in [0.5, 0.6) is 0 Å². The van der Waals surface area contributed by atoms with Gasteiger partial charge in [0.25, 0.3) is 0 Å². The average Bonchev–Trinajstić information content (AvgIpc) is 2.23. The van der Waals surface area contributed by atoms with Crippen LogP contribution in [0.15, 0.2) is 0 Å². The Hall–Kier alpha value is -0.120. The van der Waals surface area contributed by atoms with Crippen molar-refractivity contribution in [1.29, 1.82) is 0 Å². The van der Waals surface area contributed by atoms with E-state index in [-0.39, 0.29) is 0 Å². The highest BCUT2D eigenvalue weighted by Crippen LogP contribution is 2.19. The molecule has 0 aromatic heterocycles. The van der Waals surface area contributed by atoms with Crippen LogP contribution in [-0.4, -0.2) is 60.3 Å². The Labute approximate surface area is 100 Å². The molecule has 1 aliphatic rings. The molecule has 3 nitrogen and oxygen atoms in total. The molecule has 1 rings (SSSR count). The second-order valence-electron chi connectivity index (χ2n) is 5.65. The Balaban J connectivity index is 2.14. The summed E-state index contributed by atoms with van der Waals surface area (Å²) in [5.74, 6) is 0. The molecule has 16 heavy (non-hydrogen) atoms. The predicted octanol–water partition coefficient (Wildman–Crippen LogP) is 1.57. The van der Waals surface area contributed by atoms with Gasteiger partial charge in [-0.3, -0.25) is 4.90 Å². The van der Waals surface area contributed by atoms with Gasteiger partial charge in [-0.05, 0) is 40.3 Å². The average molecular weight is 228 g/mol. The third kappa shape index (κ3) is 4.40. The summed E-state index contributed by atoms with van der Waals surface area (Å²) >= 11 is 0. The lowest BCUT2D eigenvalue weighted by molar-refractivity contribution is 0.0392. The van der Waals surface area contributed by atoms with Crippen molar-refractivity contribution in [1.82, 2.24) is 9.80 Å². The monoisotopic (exact) mass is 228 g/mol. The van der Waals surface area contributed by atoms with E-state index in [4.69, 9.17) is 5.11 Å². The van der Waals surface area contributed by atoms with Crippen LogP contribution in [0.2, 0.25) is 0 Å². The number of rotatable bonds is 6. The van der Waals surface area contributed by atoms with Crippen molar-refractivity contribution in [3.63, 3.8) is 0 Å². The number of aliphatic hydroxyl groups is 1. The van der Waals surface area contributed by atoms with Crippen molar-refractivity contribution < 1.29 is 5.11 Å². The maximum atomic E-state index is 8.70. The number of aliphatic hydroxyl groups excluding tert-OH is 1. The molecule has 3 heteroatoms. The van der Waals surface area contributed by atoms with Crippen molar-refractivity contribution in [3.8, 4) is 0 Å². The molecule has 1 fully saturated rings. The van der Waals surface area contributed by atoms with E-state index in [1.165, 1.54) is 45.4 Å². The fraction of sp³-hybridized carbons (Fsp3) is 1.00. The number of hydrogen-bond donors (Lipinski definition) is 1. The van der Waals surface area contributed by atoms with Gasteiger partial charge in [-0.2, -0.15) is 0 Å². The van der Waals surface area contributed by atoms with Gasteiger partial charge in [0, 0.05) is 31.8 Å². The molecule has 0 aromatic rings. The minimum absolute atomic E-state index is 0.323. The molecule has 0 radical (unpaired) electrons. The van der Waals surface area contributed by atoms with E-state index in [9.17, 15) is 0 Å². The topological polar surface area (TPSA) is 26.7 Å². The SMILES string of the molecule is CN1CCN(CCCCCCO)CC1(C)C. The van der Waals surface area contributed by atoms with Gasteiger partial charge in [0.1, 0.15) is 0 Å². The number of hydrogen-bond acceptors (Lipinski definition) is 3. The van der Waals surface area contributed by atoms with Gasteiger partial charge in [-0.1, -0.05) is 12.8 Å². The molecule has 0 spiro atoms. The van der Waals surface area contributed by atoms with Gasteiger partial charge in [-0.15, -0.1) is 0 Å². The van der Waals surface area contributed by atoms with Crippen LogP contribution >= 0.6 is 0 Å². The van der Waals surface area contributed by atoms with Crippen LogP contribution in [0.4, 0.5) is 0 Å². The summed E-state index contributed by atoms with van der Waals surface area (Å²) < 4.78 is 0. The van der Waals surface area contributed by atoms with Crippen molar-refractivity contribution in [3.05, 3.63) is 0 Å². The first-order valence-electron chi connectivity index (χ1n) is 6.61. The fourth-order valence-corrected chi connectivity index (χ4v) is 2.33. The molecule has 1 heterocycles. The molecule has 96 valence electrons. The molecule has 0 bridgehead atoms. The van der Waals surface area contributed by atoms with E-state index < -0.39 is 0 Å². The quantitative estimate of drug-likeness (QED) is 0.699. The summed E-state index contributed by atoms with van der Waals surface area (Å²) in [6.07, 6.45) is 4.68. The normalized spacial score (nSPS) is 22.5. The maximum absolute atomic E-state index is 8.70. The summed E-state index contributed by atoms with van der Waals surface area (Å²) in [5, 5.41) is 8.70. The lowest BCUT2D eigenvalue weighted by atomic mass is 9.99. The fourth-order valence-electron chi connectivity index (χ4n) is 2.33. The number of unbranched alkanes of at least 4 members (excludes halogenated alkanes) is 3. The number of piperazine rings is 1. The predicted molar refractivity (Wildman–Crippen MR) is 68.7 cm³/mol. The molecule has 0 saturated carbocycles. The Morgan fingerprint density at radius 2 is 1.75 bits per heavy atom. The van der Waals surface area contributed by atoms with Gasteiger partial charge >= 0.3 is 0 Å². The first-order valence-corrected chi connectivity index (χ1v) is 6.61. The molecular formula is C13H28N2O.